The summed E-state index contributed by atoms with van der Waals surface area (Å²) in [5, 5.41) is 0. The van der Waals surface area contributed by atoms with Gasteiger partial charge in [-0.1, -0.05) is 18.2 Å². The first-order chi connectivity index (χ1) is 8.90. The van der Waals surface area contributed by atoms with Gasteiger partial charge < -0.3 is 9.47 Å². The van der Waals surface area contributed by atoms with Crippen LogP contribution >= 0.6 is 0 Å². The minimum absolute atomic E-state index is 0.127. The third kappa shape index (κ3) is 4.01. The van der Waals surface area contributed by atoms with E-state index in [2.05, 4.69) is 4.74 Å². The third-order valence-electron chi connectivity index (χ3n) is 2.24. The molecule has 1 rings (SSSR count). The van der Waals surface area contributed by atoms with Gasteiger partial charge in [-0.15, -0.1) is 0 Å². The molecule has 6 heteroatoms. The van der Waals surface area contributed by atoms with Gasteiger partial charge in [0.15, 0.2) is 0 Å². The second kappa shape index (κ2) is 6.26. The van der Waals surface area contributed by atoms with Crippen molar-refractivity contribution < 1.29 is 27.4 Å². The molecular weight excluding hydrogens is 261 g/mol. The summed E-state index contributed by atoms with van der Waals surface area (Å²) in [4.78, 5) is 11.3. The van der Waals surface area contributed by atoms with Gasteiger partial charge in [0, 0.05) is 5.56 Å². The van der Waals surface area contributed by atoms with Crippen LogP contribution in [-0.4, -0.2) is 25.9 Å². The molecule has 1 aromatic rings. The van der Waals surface area contributed by atoms with Crippen LogP contribution in [0.4, 0.5) is 13.2 Å². The molecule has 0 radical (unpaired) electrons. The minimum Gasteiger partial charge on any atom is -0.496 e. The van der Waals surface area contributed by atoms with Crippen LogP contribution in [-0.2, 0) is 9.53 Å². The predicted octanol–water partition coefficient (Wildman–Crippen LogP) is 3.20. The SMILES string of the molecule is CCOC(=O)C(=Cc1ccccc1OC)C(F)(F)F. The van der Waals surface area contributed by atoms with Gasteiger partial charge in [0.2, 0.25) is 0 Å². The number of hydrogen-bond acceptors (Lipinski definition) is 3. The molecule has 0 saturated heterocycles. The molecule has 0 amide bonds. The van der Waals surface area contributed by atoms with E-state index >= 15 is 0 Å². The monoisotopic (exact) mass is 274 g/mol. The molecule has 0 heterocycles. The Bertz CT molecular complexity index is 478. The Labute approximate surface area is 108 Å². The number of benzene rings is 1. The standard InChI is InChI=1S/C13H13F3O3/c1-3-19-12(17)10(13(14,15)16)8-9-6-4-5-7-11(9)18-2/h4-8H,3H2,1-2H3. The van der Waals surface area contributed by atoms with E-state index in [1.54, 1.807) is 12.1 Å². The summed E-state index contributed by atoms with van der Waals surface area (Å²) >= 11 is 0. The van der Waals surface area contributed by atoms with E-state index in [1.807, 2.05) is 0 Å². The lowest BCUT2D eigenvalue weighted by molar-refractivity contribution is -0.149. The molecule has 19 heavy (non-hydrogen) atoms. The molecule has 0 bridgehead atoms. The number of ether oxygens (including phenoxy) is 2. The summed E-state index contributed by atoms with van der Waals surface area (Å²) in [5.41, 5.74) is -1.20. The summed E-state index contributed by atoms with van der Waals surface area (Å²) in [5.74, 6) is -1.16. The summed E-state index contributed by atoms with van der Waals surface area (Å²) in [7, 11) is 1.34. The van der Waals surface area contributed by atoms with Crippen molar-refractivity contribution in [2.45, 2.75) is 13.1 Å². The summed E-state index contributed by atoms with van der Waals surface area (Å²) < 4.78 is 47.8. The van der Waals surface area contributed by atoms with Gasteiger partial charge >= 0.3 is 12.1 Å². The zero-order valence-corrected chi connectivity index (χ0v) is 10.5. The first-order valence-electron chi connectivity index (χ1n) is 5.49. The second-order valence-electron chi connectivity index (χ2n) is 3.52. The van der Waals surface area contributed by atoms with Crippen molar-refractivity contribution in [3.8, 4) is 5.75 Å². The Kier molecular flexibility index (Phi) is 4.97. The first-order valence-corrected chi connectivity index (χ1v) is 5.49. The Morgan fingerprint density at radius 3 is 2.47 bits per heavy atom. The molecule has 0 N–H and O–H groups in total. The van der Waals surface area contributed by atoms with Crippen molar-refractivity contribution in [1.29, 1.82) is 0 Å². The molecule has 0 spiro atoms. The van der Waals surface area contributed by atoms with E-state index in [0.29, 0.717) is 0 Å². The quantitative estimate of drug-likeness (QED) is 0.624. The van der Waals surface area contributed by atoms with Crippen molar-refractivity contribution in [3.63, 3.8) is 0 Å². The van der Waals surface area contributed by atoms with Crippen LogP contribution in [0.25, 0.3) is 6.08 Å². The molecule has 0 aliphatic carbocycles. The number of esters is 1. The number of hydrogen-bond donors (Lipinski definition) is 0. The molecule has 0 unspecified atom stereocenters. The van der Waals surface area contributed by atoms with Crippen LogP contribution < -0.4 is 4.74 Å². The normalized spacial score (nSPS) is 12.2. The number of halogens is 3. The molecule has 0 aromatic heterocycles. The first kappa shape index (κ1) is 15.1. The van der Waals surface area contributed by atoms with Crippen LogP contribution in [0.5, 0.6) is 5.75 Å². The van der Waals surface area contributed by atoms with Crippen molar-refractivity contribution in [1.82, 2.24) is 0 Å². The van der Waals surface area contributed by atoms with Crippen molar-refractivity contribution >= 4 is 12.0 Å². The van der Waals surface area contributed by atoms with Crippen LogP contribution in [0.1, 0.15) is 12.5 Å². The smallest absolute Gasteiger partial charge is 0.423 e. The average Bonchev–Trinajstić information content (AvgIpc) is 2.35. The lowest BCUT2D eigenvalue weighted by Crippen LogP contribution is -2.22. The van der Waals surface area contributed by atoms with Gasteiger partial charge in [-0.2, -0.15) is 13.2 Å². The number of rotatable bonds is 4. The van der Waals surface area contributed by atoms with E-state index in [9.17, 15) is 18.0 Å². The largest absolute Gasteiger partial charge is 0.496 e. The highest BCUT2D eigenvalue weighted by atomic mass is 19.4. The third-order valence-corrected chi connectivity index (χ3v) is 2.24. The molecule has 3 nitrogen and oxygen atoms in total. The van der Waals surface area contributed by atoms with Gasteiger partial charge in [0.1, 0.15) is 11.3 Å². The molecule has 0 aliphatic rings. The fraction of sp³-hybridized carbons (Fsp3) is 0.308. The van der Waals surface area contributed by atoms with Crippen LogP contribution in [0.2, 0.25) is 0 Å². The Balaban J connectivity index is 3.24. The average molecular weight is 274 g/mol. The van der Waals surface area contributed by atoms with Gasteiger partial charge in [-0.05, 0) is 19.1 Å². The number of para-hydroxylation sites is 1. The van der Waals surface area contributed by atoms with E-state index in [0.717, 1.165) is 6.08 Å². The lowest BCUT2D eigenvalue weighted by Gasteiger charge is -2.11. The molecular formula is C13H13F3O3. The summed E-state index contributed by atoms with van der Waals surface area (Å²) in [6, 6.07) is 6.09. The fourth-order valence-electron chi connectivity index (χ4n) is 1.41. The number of alkyl halides is 3. The van der Waals surface area contributed by atoms with Gasteiger partial charge in [0.05, 0.1) is 13.7 Å². The molecule has 0 saturated carbocycles. The highest BCUT2D eigenvalue weighted by molar-refractivity contribution is 5.95. The molecule has 104 valence electrons. The maximum absolute atomic E-state index is 12.8. The Hall–Kier alpha value is -1.98. The predicted molar refractivity (Wildman–Crippen MR) is 63.7 cm³/mol. The number of methoxy groups -OCH3 is 1. The Morgan fingerprint density at radius 2 is 1.95 bits per heavy atom. The van der Waals surface area contributed by atoms with E-state index in [1.165, 1.54) is 26.2 Å². The van der Waals surface area contributed by atoms with Crippen LogP contribution in [0, 0.1) is 0 Å². The zero-order chi connectivity index (χ0) is 14.5. The van der Waals surface area contributed by atoms with Crippen molar-refractivity contribution in [2.24, 2.45) is 0 Å². The zero-order valence-electron chi connectivity index (χ0n) is 10.5. The highest BCUT2D eigenvalue weighted by Crippen LogP contribution is 2.30. The fourth-order valence-corrected chi connectivity index (χ4v) is 1.41. The lowest BCUT2D eigenvalue weighted by atomic mass is 10.1. The maximum atomic E-state index is 12.8. The van der Waals surface area contributed by atoms with E-state index in [4.69, 9.17) is 4.74 Å². The maximum Gasteiger partial charge on any atom is 0.423 e. The molecule has 0 fully saturated rings. The van der Waals surface area contributed by atoms with Gasteiger partial charge in [-0.25, -0.2) is 4.79 Å². The molecule has 0 aliphatic heterocycles. The molecule has 0 atom stereocenters. The van der Waals surface area contributed by atoms with Gasteiger partial charge in [-0.3, -0.25) is 0 Å². The van der Waals surface area contributed by atoms with Gasteiger partial charge in [0.25, 0.3) is 0 Å². The summed E-state index contributed by atoms with van der Waals surface area (Å²) in [6.07, 6.45) is -4.07. The van der Waals surface area contributed by atoms with Crippen LogP contribution in [0.3, 0.4) is 0 Å². The topological polar surface area (TPSA) is 35.5 Å². The van der Waals surface area contributed by atoms with Crippen molar-refractivity contribution in [2.75, 3.05) is 13.7 Å². The summed E-state index contributed by atoms with van der Waals surface area (Å²) in [6.45, 7) is 1.31. The number of carbonyl (C=O) groups excluding carboxylic acids is 1. The molecule has 1 aromatic carbocycles. The highest BCUT2D eigenvalue weighted by Gasteiger charge is 2.39. The van der Waals surface area contributed by atoms with Crippen LogP contribution in [0.15, 0.2) is 29.8 Å². The van der Waals surface area contributed by atoms with E-state index in [-0.39, 0.29) is 17.9 Å². The number of carbonyl (C=O) groups is 1. The Morgan fingerprint density at radius 1 is 1.32 bits per heavy atom. The second-order valence-corrected chi connectivity index (χ2v) is 3.52. The minimum atomic E-state index is -4.78. The van der Waals surface area contributed by atoms with Crippen molar-refractivity contribution in [3.05, 3.63) is 35.4 Å². The van der Waals surface area contributed by atoms with E-state index < -0.39 is 17.7 Å².